The van der Waals surface area contributed by atoms with E-state index in [0.717, 1.165) is 12.1 Å². The summed E-state index contributed by atoms with van der Waals surface area (Å²) < 4.78 is 13.0. The van der Waals surface area contributed by atoms with E-state index in [1.807, 2.05) is 0 Å². The van der Waals surface area contributed by atoms with Gasteiger partial charge in [0, 0.05) is 18.7 Å². The molecule has 3 nitrogen and oxygen atoms in total. The molecule has 1 aromatic carbocycles. The average Bonchev–Trinajstić information content (AvgIpc) is 2.40. The fourth-order valence-corrected chi connectivity index (χ4v) is 1.95. The fourth-order valence-electron chi connectivity index (χ4n) is 1.95. The average molecular weight is 294 g/mol. The van der Waals surface area contributed by atoms with Gasteiger partial charge in [0.25, 0.3) is 0 Å². The number of carbonyl (C=O) groups excluding carboxylic acids is 1. The van der Waals surface area contributed by atoms with Crippen molar-refractivity contribution in [3.8, 4) is 0 Å². The molecule has 0 aliphatic carbocycles. The molecule has 1 aromatic rings. The number of hydrogen-bond acceptors (Lipinski definition) is 2. The van der Waals surface area contributed by atoms with Gasteiger partial charge in [-0.25, -0.2) is 4.39 Å². The Labute approximate surface area is 127 Å². The van der Waals surface area contributed by atoms with E-state index in [4.69, 9.17) is 5.73 Å². The molecule has 0 bridgehead atoms. The standard InChI is InChI=1S/C17H27FN2O/c1-13(17(2,3)4)12-16(21)20(11-5-10-19)15-8-6-14(18)7-9-15/h6-9,13H,5,10-12,19H2,1-4H3. The molecule has 2 N–H and O–H groups in total. The van der Waals surface area contributed by atoms with Crippen molar-refractivity contribution in [2.24, 2.45) is 17.1 Å². The maximum atomic E-state index is 13.0. The van der Waals surface area contributed by atoms with Crippen LogP contribution in [-0.2, 0) is 4.79 Å². The molecule has 1 atom stereocenters. The van der Waals surface area contributed by atoms with Crippen molar-refractivity contribution >= 4 is 11.6 Å². The largest absolute Gasteiger partial charge is 0.330 e. The van der Waals surface area contributed by atoms with Crippen molar-refractivity contribution < 1.29 is 9.18 Å². The van der Waals surface area contributed by atoms with Crippen LogP contribution in [0.4, 0.5) is 10.1 Å². The molecular weight excluding hydrogens is 267 g/mol. The zero-order valence-electron chi connectivity index (χ0n) is 13.5. The Morgan fingerprint density at radius 1 is 1.29 bits per heavy atom. The second-order valence-electron chi connectivity index (χ2n) is 6.64. The highest BCUT2D eigenvalue weighted by molar-refractivity contribution is 5.93. The normalized spacial score (nSPS) is 13.0. The Balaban J connectivity index is 2.86. The number of hydrogen-bond donors (Lipinski definition) is 1. The molecule has 0 aliphatic heterocycles. The van der Waals surface area contributed by atoms with Crippen LogP contribution in [0.1, 0.15) is 40.5 Å². The summed E-state index contributed by atoms with van der Waals surface area (Å²) in [6.45, 7) is 9.58. The van der Waals surface area contributed by atoms with E-state index < -0.39 is 0 Å². The maximum Gasteiger partial charge on any atom is 0.227 e. The number of rotatable bonds is 6. The van der Waals surface area contributed by atoms with Crippen LogP contribution in [0.25, 0.3) is 0 Å². The zero-order chi connectivity index (χ0) is 16.0. The van der Waals surface area contributed by atoms with Crippen LogP contribution < -0.4 is 10.6 Å². The highest BCUT2D eigenvalue weighted by Crippen LogP contribution is 2.29. The van der Waals surface area contributed by atoms with Gasteiger partial charge in [-0.1, -0.05) is 27.7 Å². The lowest BCUT2D eigenvalue weighted by Gasteiger charge is -2.30. The second kappa shape index (κ2) is 7.55. The number of halogens is 1. The zero-order valence-corrected chi connectivity index (χ0v) is 13.5. The summed E-state index contributed by atoms with van der Waals surface area (Å²) in [4.78, 5) is 14.3. The molecule has 21 heavy (non-hydrogen) atoms. The lowest BCUT2D eigenvalue weighted by molar-refractivity contribution is -0.120. The van der Waals surface area contributed by atoms with Crippen molar-refractivity contribution in [2.75, 3.05) is 18.0 Å². The highest BCUT2D eigenvalue weighted by atomic mass is 19.1. The van der Waals surface area contributed by atoms with Crippen molar-refractivity contribution in [1.29, 1.82) is 0 Å². The third kappa shape index (κ3) is 5.46. The van der Waals surface area contributed by atoms with Gasteiger partial charge < -0.3 is 10.6 Å². The number of benzene rings is 1. The van der Waals surface area contributed by atoms with E-state index >= 15 is 0 Å². The number of nitrogens with zero attached hydrogens (tertiary/aromatic N) is 1. The third-order valence-corrected chi connectivity index (χ3v) is 3.98. The molecule has 118 valence electrons. The van der Waals surface area contributed by atoms with E-state index in [1.165, 1.54) is 12.1 Å². The van der Waals surface area contributed by atoms with E-state index in [-0.39, 0.29) is 23.1 Å². The molecular formula is C17H27FN2O. The van der Waals surface area contributed by atoms with Gasteiger partial charge in [0.15, 0.2) is 0 Å². The van der Waals surface area contributed by atoms with Gasteiger partial charge in [-0.3, -0.25) is 4.79 Å². The highest BCUT2D eigenvalue weighted by Gasteiger charge is 2.25. The Morgan fingerprint density at radius 2 is 1.86 bits per heavy atom. The maximum absolute atomic E-state index is 13.0. The van der Waals surface area contributed by atoms with Crippen LogP contribution >= 0.6 is 0 Å². The molecule has 1 unspecified atom stereocenters. The summed E-state index contributed by atoms with van der Waals surface area (Å²) >= 11 is 0. The van der Waals surface area contributed by atoms with Gasteiger partial charge >= 0.3 is 0 Å². The van der Waals surface area contributed by atoms with E-state index in [2.05, 4.69) is 27.7 Å². The SMILES string of the molecule is CC(CC(=O)N(CCCN)c1ccc(F)cc1)C(C)(C)C. The summed E-state index contributed by atoms with van der Waals surface area (Å²) in [5.41, 5.74) is 6.37. The van der Waals surface area contributed by atoms with E-state index in [0.29, 0.717) is 19.5 Å². The first-order chi connectivity index (χ1) is 9.75. The number of carbonyl (C=O) groups is 1. The smallest absolute Gasteiger partial charge is 0.227 e. The third-order valence-electron chi connectivity index (χ3n) is 3.98. The van der Waals surface area contributed by atoms with Crippen LogP contribution in [0.2, 0.25) is 0 Å². The van der Waals surface area contributed by atoms with Gasteiger partial charge in [-0.05, 0) is 48.6 Å². The predicted molar refractivity (Wildman–Crippen MR) is 85.7 cm³/mol. The summed E-state index contributed by atoms with van der Waals surface area (Å²) in [5, 5.41) is 0. The summed E-state index contributed by atoms with van der Waals surface area (Å²) in [6.07, 6.45) is 1.21. The molecule has 0 radical (unpaired) electrons. The topological polar surface area (TPSA) is 46.3 Å². The molecule has 0 spiro atoms. The summed E-state index contributed by atoms with van der Waals surface area (Å²) in [6, 6.07) is 6.05. The molecule has 0 fully saturated rings. The van der Waals surface area contributed by atoms with Gasteiger partial charge in [0.1, 0.15) is 5.82 Å². The van der Waals surface area contributed by atoms with Crippen molar-refractivity contribution in [3.05, 3.63) is 30.1 Å². The summed E-state index contributed by atoms with van der Waals surface area (Å²) in [7, 11) is 0. The summed E-state index contributed by atoms with van der Waals surface area (Å²) in [5.74, 6) is 0.0383. The van der Waals surface area contributed by atoms with Crippen LogP contribution in [0.15, 0.2) is 24.3 Å². The van der Waals surface area contributed by atoms with Crippen molar-refractivity contribution in [3.63, 3.8) is 0 Å². The Kier molecular flexibility index (Phi) is 6.34. The number of anilines is 1. The van der Waals surface area contributed by atoms with Gasteiger partial charge in [-0.2, -0.15) is 0 Å². The molecule has 0 saturated carbocycles. The Morgan fingerprint density at radius 3 is 2.33 bits per heavy atom. The molecule has 1 amide bonds. The van der Waals surface area contributed by atoms with Crippen LogP contribution in [0.3, 0.4) is 0 Å². The lowest BCUT2D eigenvalue weighted by atomic mass is 9.80. The Bertz CT molecular complexity index is 451. The number of nitrogens with two attached hydrogens (primary N) is 1. The fraction of sp³-hybridized carbons (Fsp3) is 0.588. The molecule has 0 saturated heterocycles. The van der Waals surface area contributed by atoms with Gasteiger partial charge in [-0.15, -0.1) is 0 Å². The van der Waals surface area contributed by atoms with Gasteiger partial charge in [0.2, 0.25) is 5.91 Å². The van der Waals surface area contributed by atoms with Crippen LogP contribution in [-0.4, -0.2) is 19.0 Å². The van der Waals surface area contributed by atoms with Crippen molar-refractivity contribution in [1.82, 2.24) is 0 Å². The monoisotopic (exact) mass is 294 g/mol. The molecule has 0 aromatic heterocycles. The van der Waals surface area contributed by atoms with Gasteiger partial charge in [0.05, 0.1) is 0 Å². The first kappa shape index (κ1) is 17.6. The lowest BCUT2D eigenvalue weighted by Crippen LogP contribution is -2.35. The van der Waals surface area contributed by atoms with E-state index in [1.54, 1.807) is 17.0 Å². The van der Waals surface area contributed by atoms with Crippen LogP contribution in [0.5, 0.6) is 0 Å². The Hall–Kier alpha value is -1.42. The number of amides is 1. The van der Waals surface area contributed by atoms with Crippen molar-refractivity contribution in [2.45, 2.75) is 40.5 Å². The minimum absolute atomic E-state index is 0.0671. The quantitative estimate of drug-likeness (QED) is 0.871. The predicted octanol–water partition coefficient (Wildman–Crippen LogP) is 3.58. The van der Waals surface area contributed by atoms with E-state index in [9.17, 15) is 9.18 Å². The molecule has 0 heterocycles. The minimum atomic E-state index is -0.298. The first-order valence-corrected chi connectivity index (χ1v) is 7.51. The van der Waals surface area contributed by atoms with Crippen LogP contribution in [0, 0.1) is 17.2 Å². The molecule has 0 aliphatic rings. The second-order valence-corrected chi connectivity index (χ2v) is 6.64. The molecule has 4 heteroatoms. The minimum Gasteiger partial charge on any atom is -0.330 e. The first-order valence-electron chi connectivity index (χ1n) is 7.51. The molecule has 1 rings (SSSR count).